The molecule has 0 aliphatic rings. The molecular formula is C10H8N2O. The molecule has 0 aliphatic heterocycles. The first-order valence-electron chi connectivity index (χ1n) is 3.95. The number of aromatic nitrogens is 2. The lowest BCUT2D eigenvalue weighted by Crippen LogP contribution is -1.94. The largest absolute Gasteiger partial charge is 0.309 e. The van der Waals surface area contributed by atoms with Gasteiger partial charge in [-0.15, -0.1) is 0 Å². The zero-order valence-electron chi connectivity index (χ0n) is 6.92. The van der Waals surface area contributed by atoms with Gasteiger partial charge in [0.15, 0.2) is 6.29 Å². The minimum atomic E-state index is 0.593. The fraction of sp³-hybridized carbons (Fsp3) is 0. The summed E-state index contributed by atoms with van der Waals surface area (Å²) in [6.07, 6.45) is 6.15. The van der Waals surface area contributed by atoms with Crippen molar-refractivity contribution in [1.82, 2.24) is 9.55 Å². The molecule has 3 heteroatoms. The molecular weight excluding hydrogens is 164 g/mol. The molecule has 0 spiro atoms. The van der Waals surface area contributed by atoms with Gasteiger partial charge in [-0.1, -0.05) is 0 Å². The maximum atomic E-state index is 10.4. The Morgan fingerprint density at radius 2 is 2.00 bits per heavy atom. The summed E-state index contributed by atoms with van der Waals surface area (Å²) in [5.41, 5.74) is 0.593. The molecule has 0 aromatic carbocycles. The van der Waals surface area contributed by atoms with E-state index in [1.54, 1.807) is 12.3 Å². The van der Waals surface area contributed by atoms with Crippen molar-refractivity contribution in [2.24, 2.45) is 0 Å². The number of rotatable bonds is 2. The van der Waals surface area contributed by atoms with E-state index in [2.05, 4.69) is 4.98 Å². The first kappa shape index (κ1) is 7.73. The Bertz CT molecular complexity index is 389. The molecule has 0 radical (unpaired) electrons. The van der Waals surface area contributed by atoms with Gasteiger partial charge < -0.3 is 4.57 Å². The Hall–Kier alpha value is -1.90. The first-order chi connectivity index (χ1) is 6.40. The fourth-order valence-electron chi connectivity index (χ4n) is 1.11. The average molecular weight is 172 g/mol. The van der Waals surface area contributed by atoms with Gasteiger partial charge in [-0.2, -0.15) is 0 Å². The molecule has 0 N–H and O–H groups in total. The number of hydrogen-bond donors (Lipinski definition) is 0. The van der Waals surface area contributed by atoms with Gasteiger partial charge in [-0.3, -0.25) is 4.79 Å². The standard InChI is InChI=1S/C10H8N2O/c13-8-9-3-4-10(11-7-9)12-5-1-2-6-12/h1-8H. The summed E-state index contributed by atoms with van der Waals surface area (Å²) in [5.74, 6) is 0.815. The summed E-state index contributed by atoms with van der Waals surface area (Å²) in [6, 6.07) is 7.41. The fourth-order valence-corrected chi connectivity index (χ4v) is 1.11. The third-order valence-corrected chi connectivity index (χ3v) is 1.78. The van der Waals surface area contributed by atoms with Crippen LogP contribution in [0.2, 0.25) is 0 Å². The van der Waals surface area contributed by atoms with Gasteiger partial charge in [0.1, 0.15) is 5.82 Å². The van der Waals surface area contributed by atoms with E-state index in [9.17, 15) is 4.79 Å². The Morgan fingerprint density at radius 3 is 2.54 bits per heavy atom. The van der Waals surface area contributed by atoms with Gasteiger partial charge in [0.25, 0.3) is 0 Å². The lowest BCUT2D eigenvalue weighted by atomic mass is 10.3. The second-order valence-corrected chi connectivity index (χ2v) is 2.66. The lowest BCUT2D eigenvalue weighted by Gasteiger charge is -2.00. The van der Waals surface area contributed by atoms with Crippen LogP contribution in [-0.2, 0) is 0 Å². The molecule has 0 saturated heterocycles. The number of nitrogens with zero attached hydrogens (tertiary/aromatic N) is 2. The van der Waals surface area contributed by atoms with Crippen molar-refractivity contribution in [3.63, 3.8) is 0 Å². The summed E-state index contributed by atoms with van der Waals surface area (Å²) in [4.78, 5) is 14.5. The zero-order valence-corrected chi connectivity index (χ0v) is 6.92. The Labute approximate surface area is 75.7 Å². The van der Waals surface area contributed by atoms with Crippen molar-refractivity contribution >= 4 is 6.29 Å². The minimum absolute atomic E-state index is 0.593. The van der Waals surface area contributed by atoms with Crippen LogP contribution in [0.4, 0.5) is 0 Å². The van der Waals surface area contributed by atoms with Crippen LogP contribution in [0.3, 0.4) is 0 Å². The third kappa shape index (κ3) is 1.49. The molecule has 0 amide bonds. The molecule has 2 aromatic rings. The van der Waals surface area contributed by atoms with Crippen LogP contribution in [0.5, 0.6) is 0 Å². The molecule has 0 fully saturated rings. The molecule has 0 bridgehead atoms. The quantitative estimate of drug-likeness (QED) is 0.646. The van der Waals surface area contributed by atoms with Gasteiger partial charge in [0, 0.05) is 24.2 Å². The van der Waals surface area contributed by atoms with Crippen LogP contribution in [0.1, 0.15) is 10.4 Å². The van der Waals surface area contributed by atoms with Crippen LogP contribution in [-0.4, -0.2) is 15.8 Å². The van der Waals surface area contributed by atoms with Crippen molar-refractivity contribution in [2.75, 3.05) is 0 Å². The molecule has 0 atom stereocenters. The highest BCUT2D eigenvalue weighted by Crippen LogP contribution is 2.04. The Kier molecular flexibility index (Phi) is 1.92. The van der Waals surface area contributed by atoms with E-state index in [0.717, 1.165) is 12.1 Å². The zero-order chi connectivity index (χ0) is 9.10. The molecule has 0 aliphatic carbocycles. The Balaban J connectivity index is 2.38. The first-order valence-corrected chi connectivity index (χ1v) is 3.95. The smallest absolute Gasteiger partial charge is 0.151 e. The van der Waals surface area contributed by atoms with Crippen LogP contribution in [0.15, 0.2) is 42.9 Å². The normalized spacial score (nSPS) is 9.85. The van der Waals surface area contributed by atoms with Crippen molar-refractivity contribution in [2.45, 2.75) is 0 Å². The average Bonchev–Trinajstić information content (AvgIpc) is 2.71. The highest BCUT2D eigenvalue weighted by Gasteiger charge is 1.95. The van der Waals surface area contributed by atoms with Crippen LogP contribution < -0.4 is 0 Å². The topological polar surface area (TPSA) is 34.9 Å². The minimum Gasteiger partial charge on any atom is -0.309 e. The highest BCUT2D eigenvalue weighted by molar-refractivity contribution is 5.74. The molecule has 0 unspecified atom stereocenters. The highest BCUT2D eigenvalue weighted by atomic mass is 16.1. The Morgan fingerprint density at radius 1 is 1.23 bits per heavy atom. The number of carbonyl (C=O) groups excluding carboxylic acids is 1. The van der Waals surface area contributed by atoms with Crippen molar-refractivity contribution in [3.05, 3.63) is 48.4 Å². The number of carbonyl (C=O) groups is 1. The van der Waals surface area contributed by atoms with E-state index in [0.29, 0.717) is 5.56 Å². The van der Waals surface area contributed by atoms with E-state index in [1.807, 2.05) is 35.2 Å². The molecule has 13 heavy (non-hydrogen) atoms. The van der Waals surface area contributed by atoms with E-state index in [1.165, 1.54) is 0 Å². The molecule has 2 rings (SSSR count). The summed E-state index contributed by atoms with van der Waals surface area (Å²) < 4.78 is 1.88. The third-order valence-electron chi connectivity index (χ3n) is 1.78. The second kappa shape index (κ2) is 3.23. The molecule has 64 valence electrons. The number of aldehydes is 1. The maximum absolute atomic E-state index is 10.4. The van der Waals surface area contributed by atoms with Gasteiger partial charge >= 0.3 is 0 Å². The van der Waals surface area contributed by atoms with E-state index in [-0.39, 0.29) is 0 Å². The number of hydrogen-bond acceptors (Lipinski definition) is 2. The molecule has 3 nitrogen and oxygen atoms in total. The van der Waals surface area contributed by atoms with Crippen LogP contribution >= 0.6 is 0 Å². The van der Waals surface area contributed by atoms with Crippen molar-refractivity contribution in [3.8, 4) is 5.82 Å². The van der Waals surface area contributed by atoms with E-state index in [4.69, 9.17) is 0 Å². The van der Waals surface area contributed by atoms with Crippen LogP contribution in [0, 0.1) is 0 Å². The monoisotopic (exact) mass is 172 g/mol. The molecule has 2 heterocycles. The lowest BCUT2D eigenvalue weighted by molar-refractivity contribution is 0.112. The SMILES string of the molecule is O=Cc1ccc(-n2cccc2)nc1. The summed E-state index contributed by atoms with van der Waals surface area (Å²) in [6.45, 7) is 0. The summed E-state index contributed by atoms with van der Waals surface area (Å²) in [7, 11) is 0. The summed E-state index contributed by atoms with van der Waals surface area (Å²) >= 11 is 0. The second-order valence-electron chi connectivity index (χ2n) is 2.66. The van der Waals surface area contributed by atoms with E-state index >= 15 is 0 Å². The van der Waals surface area contributed by atoms with Crippen molar-refractivity contribution in [1.29, 1.82) is 0 Å². The molecule has 2 aromatic heterocycles. The van der Waals surface area contributed by atoms with Gasteiger partial charge in [0.05, 0.1) is 0 Å². The predicted molar refractivity (Wildman–Crippen MR) is 49.0 cm³/mol. The van der Waals surface area contributed by atoms with Gasteiger partial charge in [0.2, 0.25) is 0 Å². The van der Waals surface area contributed by atoms with Crippen LogP contribution in [0.25, 0.3) is 5.82 Å². The number of pyridine rings is 1. The van der Waals surface area contributed by atoms with Crippen molar-refractivity contribution < 1.29 is 4.79 Å². The maximum Gasteiger partial charge on any atom is 0.151 e. The van der Waals surface area contributed by atoms with Gasteiger partial charge in [-0.25, -0.2) is 4.98 Å². The predicted octanol–water partition coefficient (Wildman–Crippen LogP) is 1.68. The molecule has 0 saturated carbocycles. The van der Waals surface area contributed by atoms with Gasteiger partial charge in [-0.05, 0) is 24.3 Å². The summed E-state index contributed by atoms with van der Waals surface area (Å²) in [5, 5.41) is 0. The van der Waals surface area contributed by atoms with E-state index < -0.39 is 0 Å².